The number of fused-ring (bicyclic) bond motifs is 1. The molecule has 1 saturated heterocycles. The van der Waals surface area contributed by atoms with Crippen molar-refractivity contribution >= 4 is 11.6 Å². The minimum absolute atomic E-state index is 0.0234. The summed E-state index contributed by atoms with van der Waals surface area (Å²) in [4.78, 5) is 19.4. The first-order valence-corrected chi connectivity index (χ1v) is 10.9. The molecule has 2 aromatic carbocycles. The molecule has 1 aromatic heterocycles. The fourth-order valence-electron chi connectivity index (χ4n) is 4.28. The van der Waals surface area contributed by atoms with Crippen LogP contribution in [-0.4, -0.2) is 45.3 Å². The summed E-state index contributed by atoms with van der Waals surface area (Å²) in [6, 6.07) is 14.2. The summed E-state index contributed by atoms with van der Waals surface area (Å²) < 4.78 is 11.3. The zero-order valence-electron chi connectivity index (χ0n) is 18.0. The van der Waals surface area contributed by atoms with Crippen molar-refractivity contribution in [2.45, 2.75) is 32.2 Å². The summed E-state index contributed by atoms with van der Waals surface area (Å²) >= 11 is 0. The highest BCUT2D eigenvalue weighted by Gasteiger charge is 2.31. The number of anilines is 1. The van der Waals surface area contributed by atoms with Crippen molar-refractivity contribution in [2.75, 3.05) is 18.5 Å². The second-order valence-corrected chi connectivity index (χ2v) is 8.26. The first-order chi connectivity index (χ1) is 16.1. The van der Waals surface area contributed by atoms with E-state index in [1.165, 1.54) is 6.07 Å². The zero-order valence-corrected chi connectivity index (χ0v) is 18.0. The van der Waals surface area contributed by atoms with Crippen molar-refractivity contribution in [3.05, 3.63) is 77.1 Å². The number of phenols is 2. The van der Waals surface area contributed by atoms with Gasteiger partial charge in [0.1, 0.15) is 29.4 Å². The van der Waals surface area contributed by atoms with Crippen LogP contribution in [0, 0.1) is 0 Å². The Kier molecular flexibility index (Phi) is 5.75. The lowest BCUT2D eigenvalue weighted by molar-refractivity contribution is 0.0743. The van der Waals surface area contributed by atoms with Gasteiger partial charge in [-0.05, 0) is 35.7 Å². The van der Waals surface area contributed by atoms with Crippen molar-refractivity contribution < 1.29 is 24.5 Å². The normalized spacial score (nSPS) is 17.1. The van der Waals surface area contributed by atoms with Crippen LogP contribution < -0.4 is 10.1 Å². The summed E-state index contributed by atoms with van der Waals surface area (Å²) in [6.45, 7) is 2.35. The van der Waals surface area contributed by atoms with Gasteiger partial charge in [-0.25, -0.2) is 0 Å². The van der Waals surface area contributed by atoms with Gasteiger partial charge in [-0.2, -0.15) is 0 Å². The number of aromatic hydroxyl groups is 2. The first kappa shape index (κ1) is 21.1. The average Bonchev–Trinajstić information content (AvgIpc) is 3.48. The van der Waals surface area contributed by atoms with Crippen molar-refractivity contribution in [2.24, 2.45) is 0 Å². The van der Waals surface area contributed by atoms with Gasteiger partial charge in [0.2, 0.25) is 0 Å². The van der Waals surface area contributed by atoms with Gasteiger partial charge in [0, 0.05) is 43.7 Å². The van der Waals surface area contributed by atoms with Crippen LogP contribution in [0.5, 0.6) is 17.2 Å². The lowest BCUT2D eigenvalue weighted by atomic mass is 10.1. The quantitative estimate of drug-likeness (QED) is 0.532. The third-order valence-corrected chi connectivity index (χ3v) is 5.94. The maximum Gasteiger partial charge on any atom is 0.262 e. The number of hydrogen-bond donors (Lipinski definition) is 3. The van der Waals surface area contributed by atoms with Crippen LogP contribution in [0.15, 0.2) is 54.7 Å². The first-order valence-electron chi connectivity index (χ1n) is 10.9. The Bertz CT molecular complexity index is 1160. The van der Waals surface area contributed by atoms with Gasteiger partial charge in [-0.1, -0.05) is 18.2 Å². The molecule has 0 aliphatic carbocycles. The molecule has 33 heavy (non-hydrogen) atoms. The molecule has 8 nitrogen and oxygen atoms in total. The number of nitrogens with one attached hydrogen (secondary N) is 1. The number of phenolic OH excluding ortho intramolecular Hbond substituents is 2. The second-order valence-electron chi connectivity index (χ2n) is 8.26. The molecule has 1 unspecified atom stereocenters. The van der Waals surface area contributed by atoms with E-state index in [2.05, 4.69) is 10.3 Å². The van der Waals surface area contributed by atoms with E-state index in [1.807, 2.05) is 24.3 Å². The van der Waals surface area contributed by atoms with E-state index in [-0.39, 0.29) is 41.4 Å². The van der Waals surface area contributed by atoms with Crippen LogP contribution in [0.2, 0.25) is 0 Å². The summed E-state index contributed by atoms with van der Waals surface area (Å²) in [7, 11) is 0. The molecular formula is C25H25N3O5. The predicted octanol–water partition coefficient (Wildman–Crippen LogP) is 3.43. The smallest absolute Gasteiger partial charge is 0.262 e. The Morgan fingerprint density at radius 1 is 1.18 bits per heavy atom. The summed E-state index contributed by atoms with van der Waals surface area (Å²) in [5.41, 5.74) is 3.81. The average molecular weight is 447 g/mol. The number of nitrogens with zero attached hydrogens (tertiary/aromatic N) is 2. The minimum Gasteiger partial charge on any atom is -0.508 e. The van der Waals surface area contributed by atoms with E-state index in [9.17, 15) is 15.0 Å². The van der Waals surface area contributed by atoms with Gasteiger partial charge < -0.3 is 29.9 Å². The molecule has 3 aromatic rings. The maximum absolute atomic E-state index is 13.5. The van der Waals surface area contributed by atoms with Gasteiger partial charge in [0.25, 0.3) is 5.91 Å². The number of pyridine rings is 1. The van der Waals surface area contributed by atoms with Crippen LogP contribution in [-0.2, 0) is 24.4 Å². The SMILES string of the molecule is O=C(c1c(O)cc(O)cc1OCc1ccccn1)N1Cc2cccc(NC3CCOC3)c2C1. The number of ether oxygens (including phenoxy) is 2. The lowest BCUT2D eigenvalue weighted by Crippen LogP contribution is -2.26. The largest absolute Gasteiger partial charge is 0.508 e. The molecule has 0 spiro atoms. The fraction of sp³-hybridized carbons (Fsp3) is 0.280. The van der Waals surface area contributed by atoms with Gasteiger partial charge in [-0.15, -0.1) is 0 Å². The monoisotopic (exact) mass is 447 g/mol. The highest BCUT2D eigenvalue weighted by atomic mass is 16.5. The Labute approximate surface area is 191 Å². The molecular weight excluding hydrogens is 422 g/mol. The molecule has 2 aliphatic rings. The molecule has 0 saturated carbocycles. The topological polar surface area (TPSA) is 104 Å². The third-order valence-electron chi connectivity index (χ3n) is 5.94. The van der Waals surface area contributed by atoms with E-state index < -0.39 is 0 Å². The zero-order chi connectivity index (χ0) is 22.8. The predicted molar refractivity (Wildman–Crippen MR) is 121 cm³/mol. The number of amides is 1. The molecule has 8 heteroatoms. The van der Waals surface area contributed by atoms with Crippen LogP contribution in [0.25, 0.3) is 0 Å². The van der Waals surface area contributed by atoms with Crippen molar-refractivity contribution in [3.63, 3.8) is 0 Å². The van der Waals surface area contributed by atoms with Gasteiger partial charge in [0.05, 0.1) is 18.3 Å². The number of aromatic nitrogens is 1. The molecule has 1 amide bonds. The second kappa shape index (κ2) is 8.99. The molecule has 1 atom stereocenters. The van der Waals surface area contributed by atoms with Gasteiger partial charge >= 0.3 is 0 Å². The summed E-state index contributed by atoms with van der Waals surface area (Å²) in [5, 5.41) is 24.0. The minimum atomic E-state index is -0.366. The fourth-order valence-corrected chi connectivity index (χ4v) is 4.28. The van der Waals surface area contributed by atoms with Crippen molar-refractivity contribution in [1.82, 2.24) is 9.88 Å². The van der Waals surface area contributed by atoms with Crippen LogP contribution in [0.1, 0.15) is 33.6 Å². The summed E-state index contributed by atoms with van der Waals surface area (Å²) in [6.07, 6.45) is 2.60. The van der Waals surface area contributed by atoms with Crippen LogP contribution in [0.3, 0.4) is 0 Å². The molecule has 1 fully saturated rings. The Morgan fingerprint density at radius 2 is 2.09 bits per heavy atom. The van der Waals surface area contributed by atoms with Crippen LogP contribution in [0.4, 0.5) is 5.69 Å². The van der Waals surface area contributed by atoms with E-state index in [0.717, 1.165) is 35.9 Å². The highest BCUT2D eigenvalue weighted by molar-refractivity contribution is 6.00. The maximum atomic E-state index is 13.5. The Hall–Kier alpha value is -3.78. The standard InChI is InChI=1S/C25H25N3O5/c29-19-10-22(30)24(23(11-19)33-15-17-5-1-2-8-26-17)25(31)28-12-16-4-3-6-21(20(16)13-28)27-18-7-9-32-14-18/h1-6,8,10-11,18,27,29-30H,7,9,12-15H2. The molecule has 0 bridgehead atoms. The van der Waals surface area contributed by atoms with Gasteiger partial charge in [-0.3, -0.25) is 9.78 Å². The number of hydrogen-bond acceptors (Lipinski definition) is 7. The van der Waals surface area contributed by atoms with Crippen LogP contribution >= 0.6 is 0 Å². The summed E-state index contributed by atoms with van der Waals surface area (Å²) in [5.74, 6) is -0.765. The van der Waals surface area contributed by atoms with E-state index in [0.29, 0.717) is 25.4 Å². The molecule has 170 valence electrons. The number of carbonyl (C=O) groups excluding carboxylic acids is 1. The Balaban J connectivity index is 1.38. The Morgan fingerprint density at radius 3 is 2.88 bits per heavy atom. The highest BCUT2D eigenvalue weighted by Crippen LogP contribution is 2.37. The van der Waals surface area contributed by atoms with Gasteiger partial charge in [0.15, 0.2) is 0 Å². The van der Waals surface area contributed by atoms with Crippen molar-refractivity contribution in [3.8, 4) is 17.2 Å². The number of carbonyl (C=O) groups is 1. The van der Waals surface area contributed by atoms with E-state index in [1.54, 1.807) is 23.2 Å². The molecule has 0 radical (unpaired) electrons. The molecule has 5 rings (SSSR count). The molecule has 3 N–H and O–H groups in total. The number of benzene rings is 2. The third kappa shape index (κ3) is 4.42. The number of rotatable bonds is 6. The van der Waals surface area contributed by atoms with E-state index >= 15 is 0 Å². The molecule has 2 aliphatic heterocycles. The lowest BCUT2D eigenvalue weighted by Gasteiger charge is -2.20. The molecule has 3 heterocycles. The van der Waals surface area contributed by atoms with Crippen molar-refractivity contribution in [1.29, 1.82) is 0 Å². The van der Waals surface area contributed by atoms with E-state index in [4.69, 9.17) is 9.47 Å².